The Labute approximate surface area is 162 Å². The van der Waals surface area contributed by atoms with Gasteiger partial charge >= 0.3 is 11.8 Å². The number of para-hydroxylation sites is 1. The second-order valence-electron chi connectivity index (χ2n) is 6.13. The van der Waals surface area contributed by atoms with E-state index in [0.717, 1.165) is 38.0 Å². The molecule has 0 bridgehead atoms. The Balaban J connectivity index is 3.05. The van der Waals surface area contributed by atoms with E-state index in [-0.39, 0.29) is 6.42 Å². The van der Waals surface area contributed by atoms with Gasteiger partial charge < -0.3 is 24.1 Å². The molecule has 0 aliphatic heterocycles. The third-order valence-corrected chi connectivity index (χ3v) is 4.09. The summed E-state index contributed by atoms with van der Waals surface area (Å²) in [6.45, 7) is 12.8. The van der Waals surface area contributed by atoms with Crippen LogP contribution in [0, 0.1) is 0 Å². The van der Waals surface area contributed by atoms with Crippen molar-refractivity contribution >= 4 is 0 Å². The van der Waals surface area contributed by atoms with E-state index in [1.54, 1.807) is 24.3 Å². The molecule has 1 unspecified atom stereocenters. The van der Waals surface area contributed by atoms with Crippen molar-refractivity contribution in [3.05, 3.63) is 68.9 Å². The topological polar surface area (TPSA) is 57.2 Å². The van der Waals surface area contributed by atoms with E-state index in [9.17, 15) is 5.11 Å². The molecule has 0 saturated heterocycles. The summed E-state index contributed by atoms with van der Waals surface area (Å²) in [7, 11) is 0. The van der Waals surface area contributed by atoms with Crippen molar-refractivity contribution in [2.45, 2.75) is 63.6 Å². The van der Waals surface area contributed by atoms with Crippen molar-refractivity contribution < 1.29 is 24.1 Å². The maximum atomic E-state index is 11.4. The highest BCUT2D eigenvalue weighted by molar-refractivity contribution is 5.22. The van der Waals surface area contributed by atoms with Gasteiger partial charge in [-0.25, -0.2) is 0 Å². The Morgan fingerprint density at radius 3 is 1.89 bits per heavy atom. The predicted molar refractivity (Wildman–Crippen MR) is 107 cm³/mol. The molecule has 5 nitrogen and oxygen atoms in total. The molecule has 0 heterocycles. The molecule has 5 heteroatoms. The van der Waals surface area contributed by atoms with Crippen molar-refractivity contribution in [1.29, 1.82) is 0 Å². The van der Waals surface area contributed by atoms with Crippen LogP contribution < -0.4 is 4.74 Å². The van der Waals surface area contributed by atoms with Gasteiger partial charge in [-0.3, -0.25) is 0 Å². The Morgan fingerprint density at radius 1 is 0.852 bits per heavy atom. The van der Waals surface area contributed by atoms with Crippen LogP contribution in [0.25, 0.3) is 0 Å². The minimum absolute atomic E-state index is 0.212. The summed E-state index contributed by atoms with van der Waals surface area (Å²) in [6, 6.07) is 8.92. The minimum Gasteiger partial charge on any atom is -0.451 e. The normalized spacial score (nSPS) is 13.1. The molecule has 0 saturated carbocycles. The first kappa shape index (κ1) is 22.6. The summed E-state index contributed by atoms with van der Waals surface area (Å²) in [6.07, 6.45) is 9.82. The van der Waals surface area contributed by atoms with Crippen LogP contribution in [0.2, 0.25) is 0 Å². The Morgan fingerprint density at radius 2 is 1.37 bits per heavy atom. The molecule has 0 aromatic heterocycles. The fourth-order valence-electron chi connectivity index (χ4n) is 2.78. The summed E-state index contributed by atoms with van der Waals surface area (Å²) in [5.41, 5.74) is 0. The van der Waals surface area contributed by atoms with Crippen LogP contribution in [0.5, 0.6) is 5.75 Å². The van der Waals surface area contributed by atoms with Gasteiger partial charge in [-0.15, -0.1) is 0 Å². The molecule has 1 aromatic rings. The van der Waals surface area contributed by atoms with Gasteiger partial charge in [0.05, 0.1) is 18.8 Å². The third kappa shape index (κ3) is 6.68. The lowest BCUT2D eigenvalue weighted by molar-refractivity contribution is -0.439. The largest absolute Gasteiger partial charge is 0.485 e. The fraction of sp³-hybridized carbons (Fsp3) is 0.455. The van der Waals surface area contributed by atoms with Gasteiger partial charge in [0.2, 0.25) is 0 Å². The van der Waals surface area contributed by atoms with Crippen LogP contribution in [-0.2, 0) is 14.2 Å². The van der Waals surface area contributed by atoms with E-state index >= 15 is 0 Å². The first-order valence-corrected chi connectivity index (χ1v) is 9.40. The zero-order chi connectivity index (χ0) is 20.0. The van der Waals surface area contributed by atoms with E-state index in [1.807, 2.05) is 6.07 Å². The first-order valence-electron chi connectivity index (χ1n) is 9.40. The Hall–Kier alpha value is -2.40. The number of benzene rings is 1. The molecular weight excluding hydrogens is 344 g/mol. The van der Waals surface area contributed by atoms with E-state index < -0.39 is 11.8 Å². The summed E-state index contributed by atoms with van der Waals surface area (Å²) in [5, 5.41) is 11.4. The molecule has 1 rings (SSSR count). The van der Waals surface area contributed by atoms with E-state index in [1.165, 1.54) is 12.8 Å². The van der Waals surface area contributed by atoms with Gasteiger partial charge in [0.15, 0.2) is 0 Å². The monoisotopic (exact) mass is 376 g/mol. The van der Waals surface area contributed by atoms with Gasteiger partial charge in [-0.2, -0.15) is 0 Å². The van der Waals surface area contributed by atoms with Gasteiger partial charge in [-0.05, 0) is 18.6 Å². The van der Waals surface area contributed by atoms with E-state index in [0.29, 0.717) is 12.2 Å². The molecule has 0 aliphatic rings. The second-order valence-corrected chi connectivity index (χ2v) is 6.13. The molecule has 27 heavy (non-hydrogen) atoms. The molecule has 1 aromatic carbocycles. The summed E-state index contributed by atoms with van der Waals surface area (Å²) in [4.78, 5) is 0. The van der Waals surface area contributed by atoms with Gasteiger partial charge in [-0.1, -0.05) is 77.0 Å². The molecule has 1 atom stereocenters. The van der Waals surface area contributed by atoms with Crippen LogP contribution in [0.4, 0.5) is 0 Å². The van der Waals surface area contributed by atoms with Crippen LogP contribution >= 0.6 is 0 Å². The average molecular weight is 376 g/mol. The summed E-state index contributed by atoms with van der Waals surface area (Å²) < 4.78 is 22.2. The standard InChI is InChI=1S/C22H32O5/c1-5-9-10-11-12-16-19-21(23,27-20-17-14-13-15-18-20)22(24-6-2,25-7-3)26-8-4/h6-8,13-15,17-18,23H,2-5,9-12,16,19H2,1H3. The van der Waals surface area contributed by atoms with Crippen molar-refractivity contribution in [1.82, 2.24) is 0 Å². The highest BCUT2D eigenvalue weighted by Gasteiger charge is 2.60. The molecule has 0 aliphatic carbocycles. The summed E-state index contributed by atoms with van der Waals surface area (Å²) in [5.74, 6) is -3.53. The average Bonchev–Trinajstić information content (AvgIpc) is 2.66. The molecule has 0 amide bonds. The molecule has 0 fully saturated rings. The second kappa shape index (κ2) is 12.1. The zero-order valence-electron chi connectivity index (χ0n) is 16.3. The Kier molecular flexibility index (Phi) is 10.1. The number of unbranched alkanes of at least 4 members (excludes halogenated alkanes) is 5. The van der Waals surface area contributed by atoms with Crippen LogP contribution in [0.3, 0.4) is 0 Å². The predicted octanol–water partition coefficient (Wildman–Crippen LogP) is 5.64. The molecule has 150 valence electrons. The third-order valence-electron chi connectivity index (χ3n) is 4.09. The first-order chi connectivity index (χ1) is 13.1. The molecule has 0 radical (unpaired) electrons. The molecule has 0 spiro atoms. The van der Waals surface area contributed by atoms with E-state index in [4.69, 9.17) is 18.9 Å². The number of rotatable bonds is 16. The Bertz CT molecular complexity index is 531. The van der Waals surface area contributed by atoms with Crippen molar-refractivity contribution in [2.75, 3.05) is 0 Å². The maximum Gasteiger partial charge on any atom is 0.485 e. The summed E-state index contributed by atoms with van der Waals surface area (Å²) >= 11 is 0. The minimum atomic E-state index is -2.02. The van der Waals surface area contributed by atoms with Crippen molar-refractivity contribution in [2.24, 2.45) is 0 Å². The lowest BCUT2D eigenvalue weighted by Gasteiger charge is -2.41. The lowest BCUT2D eigenvalue weighted by atomic mass is 10.0. The SMILES string of the molecule is C=COC(OC=C)(OC=C)C(O)(CCCCCCCC)Oc1ccccc1. The number of hydrogen-bond acceptors (Lipinski definition) is 5. The number of hydrogen-bond donors (Lipinski definition) is 1. The van der Waals surface area contributed by atoms with Gasteiger partial charge in [0, 0.05) is 6.42 Å². The highest BCUT2D eigenvalue weighted by atomic mass is 16.9. The van der Waals surface area contributed by atoms with Crippen LogP contribution in [0.1, 0.15) is 51.9 Å². The smallest absolute Gasteiger partial charge is 0.451 e. The van der Waals surface area contributed by atoms with Crippen molar-refractivity contribution in [3.8, 4) is 5.75 Å². The number of ether oxygens (including phenoxy) is 4. The maximum absolute atomic E-state index is 11.4. The van der Waals surface area contributed by atoms with Crippen LogP contribution in [0.15, 0.2) is 68.9 Å². The quantitative estimate of drug-likeness (QED) is 0.230. The lowest BCUT2D eigenvalue weighted by Crippen LogP contribution is -2.61. The zero-order valence-corrected chi connectivity index (χ0v) is 16.3. The van der Waals surface area contributed by atoms with Crippen LogP contribution in [-0.4, -0.2) is 16.9 Å². The molecular formula is C22H32O5. The number of aliphatic hydroxyl groups is 1. The van der Waals surface area contributed by atoms with Gasteiger partial charge in [0.25, 0.3) is 0 Å². The van der Waals surface area contributed by atoms with Crippen molar-refractivity contribution in [3.63, 3.8) is 0 Å². The van der Waals surface area contributed by atoms with E-state index in [2.05, 4.69) is 26.7 Å². The highest BCUT2D eigenvalue weighted by Crippen LogP contribution is 2.37. The fourth-order valence-corrected chi connectivity index (χ4v) is 2.78. The van der Waals surface area contributed by atoms with Gasteiger partial charge in [0.1, 0.15) is 5.75 Å². The molecule has 1 N–H and O–H groups in total.